The zero-order chi connectivity index (χ0) is 14.4. The van der Waals surface area contributed by atoms with Crippen molar-refractivity contribution < 1.29 is 4.79 Å². The van der Waals surface area contributed by atoms with E-state index in [0.717, 1.165) is 33.4 Å². The number of nitrogens with one attached hydrogen (secondary N) is 1. The molecule has 3 heterocycles. The number of carbonyl (C=O) groups is 1. The maximum atomic E-state index is 12.5. The molecule has 4 nitrogen and oxygen atoms in total. The second kappa shape index (κ2) is 4.31. The Hall–Kier alpha value is -2.88. The first-order valence-corrected chi connectivity index (χ1v) is 6.77. The zero-order valence-corrected chi connectivity index (χ0v) is 11.5. The lowest BCUT2D eigenvalue weighted by Gasteiger charge is -2.07. The van der Waals surface area contributed by atoms with E-state index in [0.29, 0.717) is 0 Å². The topological polar surface area (TPSA) is 49.0 Å². The molecular formula is C17H13N3O. The molecule has 21 heavy (non-hydrogen) atoms. The Kier molecular flexibility index (Phi) is 2.44. The molecule has 4 rings (SSSR count). The molecule has 0 fully saturated rings. The number of anilines is 1. The predicted octanol–water partition coefficient (Wildman–Crippen LogP) is 3.08. The highest BCUT2D eigenvalue weighted by atomic mass is 16.2. The molecule has 4 heteroatoms. The number of pyridine rings is 1. The van der Waals surface area contributed by atoms with Crippen LogP contribution in [0.1, 0.15) is 11.1 Å². The Balaban J connectivity index is 1.92. The molecule has 0 saturated heterocycles. The van der Waals surface area contributed by atoms with Crippen LogP contribution in [0.15, 0.2) is 48.8 Å². The smallest absolute Gasteiger partial charge is 0.258 e. The Bertz CT molecular complexity index is 892. The summed E-state index contributed by atoms with van der Waals surface area (Å²) in [5, 5.41) is 1.02. The van der Waals surface area contributed by atoms with Crippen LogP contribution in [0.3, 0.4) is 0 Å². The van der Waals surface area contributed by atoms with Gasteiger partial charge in [0, 0.05) is 41.5 Å². The van der Waals surface area contributed by atoms with Gasteiger partial charge in [0.25, 0.3) is 5.91 Å². The van der Waals surface area contributed by atoms with Crippen molar-refractivity contribution in [1.82, 2.24) is 9.97 Å². The zero-order valence-electron chi connectivity index (χ0n) is 11.5. The summed E-state index contributed by atoms with van der Waals surface area (Å²) in [4.78, 5) is 21.6. The van der Waals surface area contributed by atoms with Gasteiger partial charge in [0.2, 0.25) is 0 Å². The normalized spacial score (nSPS) is 16.0. The van der Waals surface area contributed by atoms with Gasteiger partial charge >= 0.3 is 0 Å². The molecule has 1 N–H and O–H groups in total. The van der Waals surface area contributed by atoms with Crippen LogP contribution in [0.25, 0.3) is 22.7 Å². The van der Waals surface area contributed by atoms with E-state index in [1.54, 1.807) is 18.1 Å². The summed E-state index contributed by atoms with van der Waals surface area (Å²) >= 11 is 0. The minimum atomic E-state index is 0.0226. The number of hydrogen-bond acceptors (Lipinski definition) is 2. The maximum absolute atomic E-state index is 12.5. The highest BCUT2D eigenvalue weighted by Crippen LogP contribution is 2.37. The first-order chi connectivity index (χ1) is 10.3. The maximum Gasteiger partial charge on any atom is 0.258 e. The number of hydrogen-bond donors (Lipinski definition) is 1. The van der Waals surface area contributed by atoms with E-state index >= 15 is 0 Å². The monoisotopic (exact) mass is 275 g/mol. The molecule has 0 atom stereocenters. The van der Waals surface area contributed by atoms with Gasteiger partial charge in [-0.3, -0.25) is 4.79 Å². The third-order valence-electron chi connectivity index (χ3n) is 3.87. The second-order valence-electron chi connectivity index (χ2n) is 5.08. The fraction of sp³-hybridized carbons (Fsp3) is 0.0588. The average Bonchev–Trinajstić information content (AvgIpc) is 3.04. The third-order valence-corrected chi connectivity index (χ3v) is 3.87. The van der Waals surface area contributed by atoms with Crippen LogP contribution in [-0.4, -0.2) is 22.9 Å². The molecule has 0 bridgehead atoms. The van der Waals surface area contributed by atoms with Gasteiger partial charge in [-0.2, -0.15) is 0 Å². The van der Waals surface area contributed by atoms with Crippen LogP contribution in [0.4, 0.5) is 5.69 Å². The van der Waals surface area contributed by atoms with Crippen LogP contribution in [-0.2, 0) is 4.79 Å². The van der Waals surface area contributed by atoms with Gasteiger partial charge in [-0.25, -0.2) is 4.98 Å². The van der Waals surface area contributed by atoms with Crippen LogP contribution >= 0.6 is 0 Å². The second-order valence-corrected chi connectivity index (χ2v) is 5.08. The summed E-state index contributed by atoms with van der Waals surface area (Å²) in [6.45, 7) is 0. The van der Waals surface area contributed by atoms with Crippen LogP contribution in [0.2, 0.25) is 0 Å². The molecule has 2 aromatic heterocycles. The lowest BCUT2D eigenvalue weighted by atomic mass is 10.0. The van der Waals surface area contributed by atoms with Gasteiger partial charge in [-0.05, 0) is 24.3 Å². The Morgan fingerprint density at radius 2 is 2.05 bits per heavy atom. The minimum absolute atomic E-state index is 0.0226. The van der Waals surface area contributed by atoms with E-state index in [2.05, 4.69) is 9.97 Å². The number of aromatic amines is 1. The summed E-state index contributed by atoms with van der Waals surface area (Å²) in [6, 6.07) is 11.7. The van der Waals surface area contributed by atoms with Gasteiger partial charge in [0.15, 0.2) is 0 Å². The minimum Gasteiger partial charge on any atom is -0.346 e. The summed E-state index contributed by atoms with van der Waals surface area (Å²) in [5.41, 5.74) is 4.45. The molecule has 1 aliphatic heterocycles. The van der Waals surface area contributed by atoms with E-state index in [4.69, 9.17) is 0 Å². The molecule has 1 aromatic carbocycles. The fourth-order valence-electron chi connectivity index (χ4n) is 2.79. The molecule has 0 saturated carbocycles. The summed E-state index contributed by atoms with van der Waals surface area (Å²) in [7, 11) is 1.80. The van der Waals surface area contributed by atoms with Crippen molar-refractivity contribution >= 4 is 34.3 Å². The SMILES string of the molecule is CN1C(=O)/C(=C/c2c[nH]c3ncccc23)c2ccccc21. The molecule has 0 unspecified atom stereocenters. The predicted molar refractivity (Wildman–Crippen MR) is 83.8 cm³/mol. The Labute approximate surface area is 121 Å². The molecule has 1 aliphatic rings. The molecule has 0 aliphatic carbocycles. The number of para-hydroxylation sites is 1. The number of amides is 1. The van der Waals surface area contributed by atoms with E-state index in [1.807, 2.05) is 48.7 Å². The average molecular weight is 275 g/mol. The number of nitrogens with zero attached hydrogens (tertiary/aromatic N) is 2. The van der Waals surface area contributed by atoms with E-state index in [1.165, 1.54) is 0 Å². The van der Waals surface area contributed by atoms with E-state index in [9.17, 15) is 4.79 Å². The number of benzene rings is 1. The number of carbonyl (C=O) groups excluding carboxylic acids is 1. The number of H-pyrrole nitrogens is 1. The number of fused-ring (bicyclic) bond motifs is 2. The van der Waals surface area contributed by atoms with Gasteiger partial charge in [0.1, 0.15) is 5.65 Å². The van der Waals surface area contributed by atoms with Gasteiger partial charge in [0.05, 0.1) is 5.69 Å². The highest BCUT2D eigenvalue weighted by Gasteiger charge is 2.29. The van der Waals surface area contributed by atoms with Gasteiger partial charge in [-0.15, -0.1) is 0 Å². The first-order valence-electron chi connectivity index (χ1n) is 6.77. The molecular weight excluding hydrogens is 262 g/mol. The van der Waals surface area contributed by atoms with Gasteiger partial charge in [-0.1, -0.05) is 18.2 Å². The molecule has 1 amide bonds. The quantitative estimate of drug-likeness (QED) is 0.694. The molecule has 102 valence electrons. The van der Waals surface area contributed by atoms with Crippen molar-refractivity contribution in [2.75, 3.05) is 11.9 Å². The summed E-state index contributed by atoms with van der Waals surface area (Å²) in [5.74, 6) is 0.0226. The van der Waals surface area contributed by atoms with Crippen molar-refractivity contribution in [3.63, 3.8) is 0 Å². The van der Waals surface area contributed by atoms with E-state index in [-0.39, 0.29) is 5.91 Å². The largest absolute Gasteiger partial charge is 0.346 e. The number of rotatable bonds is 1. The highest BCUT2D eigenvalue weighted by molar-refractivity contribution is 6.36. The van der Waals surface area contributed by atoms with Crippen LogP contribution < -0.4 is 4.90 Å². The third kappa shape index (κ3) is 1.69. The first kappa shape index (κ1) is 11.9. The van der Waals surface area contributed by atoms with Crippen LogP contribution in [0, 0.1) is 0 Å². The number of aromatic nitrogens is 2. The summed E-state index contributed by atoms with van der Waals surface area (Å²) in [6.07, 6.45) is 5.57. The van der Waals surface area contributed by atoms with E-state index < -0.39 is 0 Å². The molecule has 3 aromatic rings. The van der Waals surface area contributed by atoms with Crippen LogP contribution in [0.5, 0.6) is 0 Å². The lowest BCUT2D eigenvalue weighted by Crippen LogP contribution is -2.20. The Morgan fingerprint density at radius 1 is 1.19 bits per heavy atom. The fourth-order valence-corrected chi connectivity index (χ4v) is 2.79. The lowest BCUT2D eigenvalue weighted by molar-refractivity contribution is -0.112. The van der Waals surface area contributed by atoms with Crippen molar-refractivity contribution in [2.24, 2.45) is 0 Å². The molecule has 0 spiro atoms. The van der Waals surface area contributed by atoms with Crippen molar-refractivity contribution in [2.45, 2.75) is 0 Å². The van der Waals surface area contributed by atoms with Crippen molar-refractivity contribution in [3.05, 3.63) is 59.9 Å². The molecule has 0 radical (unpaired) electrons. The van der Waals surface area contributed by atoms with Crippen molar-refractivity contribution in [3.8, 4) is 0 Å². The number of likely N-dealkylation sites (N-methyl/N-ethyl adjacent to an activating group) is 1. The summed E-state index contributed by atoms with van der Waals surface area (Å²) < 4.78 is 0. The van der Waals surface area contributed by atoms with Crippen molar-refractivity contribution in [1.29, 1.82) is 0 Å². The Morgan fingerprint density at radius 3 is 2.95 bits per heavy atom. The standard InChI is InChI=1S/C17H13N3O/c1-20-15-7-3-2-5-13(15)14(17(20)21)9-11-10-19-16-12(11)6-4-8-18-16/h2-10H,1H3,(H,18,19)/b14-9+. The van der Waals surface area contributed by atoms with Gasteiger partial charge < -0.3 is 9.88 Å².